The Morgan fingerprint density at radius 1 is 1.00 bits per heavy atom. The predicted octanol–water partition coefficient (Wildman–Crippen LogP) is 3.69. The first-order chi connectivity index (χ1) is 13.5. The third kappa shape index (κ3) is 7.08. The van der Waals surface area contributed by atoms with Crippen LogP contribution in [-0.4, -0.2) is 30.6 Å². The fourth-order valence-electron chi connectivity index (χ4n) is 2.25. The van der Waals surface area contributed by atoms with Gasteiger partial charge in [-0.25, -0.2) is 4.79 Å². The summed E-state index contributed by atoms with van der Waals surface area (Å²) in [6.45, 7) is 3.23. The van der Waals surface area contributed by atoms with Crippen LogP contribution in [0.1, 0.15) is 31.1 Å². The van der Waals surface area contributed by atoms with E-state index < -0.39 is 29.8 Å². The van der Waals surface area contributed by atoms with Crippen LogP contribution in [-0.2, 0) is 14.3 Å². The zero-order valence-corrected chi connectivity index (χ0v) is 16.7. The van der Waals surface area contributed by atoms with E-state index in [2.05, 4.69) is 10.6 Å². The highest BCUT2D eigenvalue weighted by Gasteiger charge is 2.24. The number of carbonyl (C=O) groups excluding carboxylic acids is 3. The van der Waals surface area contributed by atoms with Gasteiger partial charge in [-0.05, 0) is 31.0 Å². The molecule has 2 aromatic carbocycles. The van der Waals surface area contributed by atoms with Crippen LogP contribution in [0, 0.1) is 0 Å². The summed E-state index contributed by atoms with van der Waals surface area (Å²) in [5, 5.41) is 4.15. The van der Waals surface area contributed by atoms with Crippen molar-refractivity contribution in [2.75, 3.05) is 6.61 Å². The Morgan fingerprint density at radius 2 is 1.61 bits per heavy atom. The molecular formula is C21H24N2O4S. The van der Waals surface area contributed by atoms with Crippen molar-refractivity contribution >= 4 is 29.7 Å². The van der Waals surface area contributed by atoms with Crippen molar-refractivity contribution < 1.29 is 19.1 Å². The maximum Gasteiger partial charge on any atom is 0.324 e. The van der Waals surface area contributed by atoms with Gasteiger partial charge in [0.15, 0.2) is 6.61 Å². The summed E-state index contributed by atoms with van der Waals surface area (Å²) in [6, 6.07) is 18.0. The largest absolute Gasteiger partial charge is 0.454 e. The van der Waals surface area contributed by atoms with Gasteiger partial charge in [0, 0.05) is 10.9 Å². The van der Waals surface area contributed by atoms with Gasteiger partial charge >= 0.3 is 12.0 Å². The number of benzene rings is 2. The highest BCUT2D eigenvalue weighted by Crippen LogP contribution is 2.36. The Kier molecular flexibility index (Phi) is 8.55. The number of thioether (sulfide) groups is 1. The molecular weight excluding hydrogens is 376 g/mol. The monoisotopic (exact) mass is 400 g/mol. The van der Waals surface area contributed by atoms with Gasteiger partial charge in [0.05, 0.1) is 0 Å². The molecule has 28 heavy (non-hydrogen) atoms. The molecule has 0 radical (unpaired) electrons. The van der Waals surface area contributed by atoms with E-state index in [1.807, 2.05) is 74.5 Å². The fourth-order valence-corrected chi connectivity index (χ4v) is 3.30. The second-order valence-electron chi connectivity index (χ2n) is 6.16. The van der Waals surface area contributed by atoms with Crippen molar-refractivity contribution in [3.8, 4) is 0 Å². The Morgan fingerprint density at radius 3 is 2.21 bits per heavy atom. The lowest BCUT2D eigenvalue weighted by Gasteiger charge is -2.16. The Labute approximate surface area is 169 Å². The van der Waals surface area contributed by atoms with Crippen molar-refractivity contribution in [3.05, 3.63) is 66.2 Å². The normalized spacial score (nSPS) is 12.5. The molecule has 148 valence electrons. The molecule has 0 aromatic heterocycles. The van der Waals surface area contributed by atoms with Crippen LogP contribution in [0.3, 0.4) is 0 Å². The number of esters is 1. The molecule has 0 unspecified atom stereocenters. The summed E-state index contributed by atoms with van der Waals surface area (Å²) in [6.07, 6.45) is 0.742. The fraction of sp³-hybridized carbons (Fsp3) is 0.286. The summed E-state index contributed by atoms with van der Waals surface area (Å²) in [7, 11) is 0. The van der Waals surface area contributed by atoms with Crippen molar-refractivity contribution in [1.82, 2.24) is 10.6 Å². The molecule has 0 spiro atoms. The maximum absolute atomic E-state index is 12.6. The summed E-state index contributed by atoms with van der Waals surface area (Å²) in [4.78, 5) is 37.1. The minimum Gasteiger partial charge on any atom is -0.454 e. The molecule has 0 saturated carbocycles. The third-order valence-electron chi connectivity index (χ3n) is 3.90. The molecule has 0 heterocycles. The van der Waals surface area contributed by atoms with Crippen LogP contribution in [0.4, 0.5) is 4.79 Å². The zero-order chi connectivity index (χ0) is 20.4. The van der Waals surface area contributed by atoms with E-state index in [9.17, 15) is 14.4 Å². The molecule has 0 bridgehead atoms. The van der Waals surface area contributed by atoms with Gasteiger partial charge in [0.1, 0.15) is 5.25 Å². The third-order valence-corrected chi connectivity index (χ3v) is 5.15. The lowest BCUT2D eigenvalue weighted by Crippen LogP contribution is -2.44. The average molecular weight is 401 g/mol. The molecule has 0 saturated heterocycles. The molecule has 0 aliphatic carbocycles. The van der Waals surface area contributed by atoms with Crippen LogP contribution in [0.2, 0.25) is 0 Å². The van der Waals surface area contributed by atoms with Crippen LogP contribution in [0.5, 0.6) is 0 Å². The predicted molar refractivity (Wildman–Crippen MR) is 109 cm³/mol. The Hall–Kier alpha value is -2.80. The van der Waals surface area contributed by atoms with Crippen LogP contribution in [0.25, 0.3) is 0 Å². The highest BCUT2D eigenvalue weighted by molar-refractivity contribution is 8.00. The van der Waals surface area contributed by atoms with E-state index in [1.165, 1.54) is 11.8 Å². The number of nitrogens with one attached hydrogen (secondary N) is 2. The van der Waals surface area contributed by atoms with Gasteiger partial charge in [0.2, 0.25) is 0 Å². The minimum atomic E-state index is -0.675. The highest BCUT2D eigenvalue weighted by atomic mass is 32.2. The van der Waals surface area contributed by atoms with E-state index in [0.29, 0.717) is 0 Å². The first-order valence-corrected chi connectivity index (χ1v) is 9.91. The molecule has 3 amide bonds. The van der Waals surface area contributed by atoms with Crippen molar-refractivity contribution in [2.45, 2.75) is 36.5 Å². The van der Waals surface area contributed by atoms with Gasteiger partial charge in [0.25, 0.3) is 5.91 Å². The standard InChI is InChI=1S/C21H24N2O4S/c1-3-15(2)22-21(26)23-18(24)14-27-20(25)19(16-10-6-4-7-11-16)28-17-12-8-5-9-13-17/h4-13,15,19H,3,14H2,1-2H3,(H2,22,23,24,26)/t15-,19-/m1/s1. The molecule has 2 aromatic rings. The SMILES string of the molecule is CC[C@@H](C)NC(=O)NC(=O)COC(=O)[C@H](Sc1ccccc1)c1ccccc1. The average Bonchev–Trinajstić information content (AvgIpc) is 2.71. The molecule has 6 nitrogen and oxygen atoms in total. The van der Waals surface area contributed by atoms with Crippen molar-refractivity contribution in [2.24, 2.45) is 0 Å². The van der Waals surface area contributed by atoms with Gasteiger partial charge in [-0.15, -0.1) is 11.8 Å². The van der Waals surface area contributed by atoms with Gasteiger partial charge in [-0.3, -0.25) is 14.9 Å². The first kappa shape index (κ1) is 21.5. The summed E-state index contributed by atoms with van der Waals surface area (Å²) >= 11 is 1.34. The van der Waals surface area contributed by atoms with Gasteiger partial charge in [-0.1, -0.05) is 55.5 Å². The van der Waals surface area contributed by atoms with E-state index in [0.717, 1.165) is 16.9 Å². The Balaban J connectivity index is 1.97. The number of urea groups is 1. The first-order valence-electron chi connectivity index (χ1n) is 9.03. The molecule has 0 aliphatic rings. The van der Waals surface area contributed by atoms with Crippen molar-refractivity contribution in [1.29, 1.82) is 0 Å². The summed E-state index contributed by atoms with van der Waals surface area (Å²) < 4.78 is 5.17. The van der Waals surface area contributed by atoms with Gasteiger partial charge in [-0.2, -0.15) is 0 Å². The summed E-state index contributed by atoms with van der Waals surface area (Å²) in [5.74, 6) is -1.22. The number of rotatable bonds is 8. The quantitative estimate of drug-likeness (QED) is 0.521. The lowest BCUT2D eigenvalue weighted by molar-refractivity contribution is -0.147. The topological polar surface area (TPSA) is 84.5 Å². The van der Waals surface area contributed by atoms with E-state index in [-0.39, 0.29) is 6.04 Å². The maximum atomic E-state index is 12.6. The van der Waals surface area contributed by atoms with Crippen LogP contribution in [0.15, 0.2) is 65.6 Å². The number of ether oxygens (including phenoxy) is 1. The van der Waals surface area contributed by atoms with Crippen molar-refractivity contribution in [3.63, 3.8) is 0 Å². The van der Waals surface area contributed by atoms with E-state index in [4.69, 9.17) is 4.74 Å². The number of hydrogen-bond donors (Lipinski definition) is 2. The molecule has 2 atom stereocenters. The minimum absolute atomic E-state index is 0.0555. The number of hydrogen-bond acceptors (Lipinski definition) is 5. The summed E-state index contributed by atoms with van der Waals surface area (Å²) in [5.41, 5.74) is 0.774. The number of carbonyl (C=O) groups is 3. The van der Waals surface area contributed by atoms with Gasteiger partial charge < -0.3 is 10.1 Å². The molecule has 2 rings (SSSR count). The molecule has 0 fully saturated rings. The second-order valence-corrected chi connectivity index (χ2v) is 7.34. The smallest absolute Gasteiger partial charge is 0.324 e. The van der Waals surface area contributed by atoms with E-state index >= 15 is 0 Å². The van der Waals surface area contributed by atoms with Crippen LogP contribution < -0.4 is 10.6 Å². The Bertz CT molecular complexity index is 784. The van der Waals surface area contributed by atoms with E-state index in [1.54, 1.807) is 0 Å². The molecule has 7 heteroatoms. The number of imide groups is 1. The van der Waals surface area contributed by atoms with Crippen LogP contribution >= 0.6 is 11.8 Å². The lowest BCUT2D eigenvalue weighted by atomic mass is 10.1. The molecule has 2 N–H and O–H groups in total. The zero-order valence-electron chi connectivity index (χ0n) is 15.9. The number of amides is 3. The second kappa shape index (κ2) is 11.1. The molecule has 0 aliphatic heterocycles.